The molecule has 0 spiro atoms. The first-order valence-electron chi connectivity index (χ1n) is 8.79. The Morgan fingerprint density at radius 3 is 3.19 bits per heavy atom. The Kier molecular flexibility index (Phi) is 6.56. The third-order valence-electron chi connectivity index (χ3n) is 4.30. The molecule has 2 atom stereocenters. The van der Waals surface area contributed by atoms with Crippen LogP contribution in [-0.2, 0) is 25.6 Å². The molecule has 1 aromatic carbocycles. The summed E-state index contributed by atoms with van der Waals surface area (Å²) in [7, 11) is 0. The van der Waals surface area contributed by atoms with Gasteiger partial charge in [0, 0.05) is 6.61 Å². The molecule has 8 nitrogen and oxygen atoms in total. The maximum absolute atomic E-state index is 12.1. The van der Waals surface area contributed by atoms with Crippen LogP contribution in [0.15, 0.2) is 18.2 Å². The van der Waals surface area contributed by atoms with Crippen molar-refractivity contribution >= 4 is 16.9 Å². The number of hydrogen-bond acceptors (Lipinski definition) is 6. The summed E-state index contributed by atoms with van der Waals surface area (Å²) in [5, 5.41) is 11.8. The van der Waals surface area contributed by atoms with Gasteiger partial charge in [-0.15, -0.1) is 0 Å². The van der Waals surface area contributed by atoms with Crippen LogP contribution in [0.4, 0.5) is 0 Å². The first-order valence-corrected chi connectivity index (χ1v) is 8.79. The van der Waals surface area contributed by atoms with Crippen LogP contribution in [0.1, 0.15) is 17.8 Å². The van der Waals surface area contributed by atoms with Gasteiger partial charge in [-0.05, 0) is 25.0 Å². The van der Waals surface area contributed by atoms with Gasteiger partial charge in [0.25, 0.3) is 0 Å². The number of hydrogen-bond donors (Lipinski definition) is 3. The molecular formula is C18H25N3O5. The van der Waals surface area contributed by atoms with Crippen molar-refractivity contribution in [3.63, 3.8) is 0 Å². The first-order chi connectivity index (χ1) is 12.7. The van der Waals surface area contributed by atoms with Crippen LogP contribution in [0.5, 0.6) is 0 Å². The van der Waals surface area contributed by atoms with Crippen LogP contribution in [0.3, 0.4) is 0 Å². The van der Waals surface area contributed by atoms with Crippen LogP contribution in [0.2, 0.25) is 0 Å². The number of nitrogens with zero attached hydrogens (tertiary/aromatic N) is 1. The molecule has 1 aromatic heterocycles. The molecule has 0 saturated carbocycles. The van der Waals surface area contributed by atoms with Gasteiger partial charge in [-0.1, -0.05) is 12.1 Å². The lowest BCUT2D eigenvalue weighted by atomic mass is 10.1. The van der Waals surface area contributed by atoms with Gasteiger partial charge in [0.2, 0.25) is 5.91 Å². The number of para-hydroxylation sites is 1. The van der Waals surface area contributed by atoms with Crippen molar-refractivity contribution in [3.8, 4) is 0 Å². The third kappa shape index (κ3) is 4.79. The van der Waals surface area contributed by atoms with Gasteiger partial charge in [0.05, 0.1) is 43.0 Å². The van der Waals surface area contributed by atoms with E-state index in [2.05, 4.69) is 15.3 Å². The second-order valence-electron chi connectivity index (χ2n) is 6.32. The SMILES string of the molecule is Cc1cccc2[nH]c(COCC(=O)N[C@@H]3COCC[C@@H]3OCCO)nc12. The Balaban J connectivity index is 1.46. The topological polar surface area (TPSA) is 106 Å². The van der Waals surface area contributed by atoms with E-state index >= 15 is 0 Å². The van der Waals surface area contributed by atoms with Crippen LogP contribution in [0.25, 0.3) is 11.0 Å². The van der Waals surface area contributed by atoms with Crippen LogP contribution in [0, 0.1) is 6.92 Å². The van der Waals surface area contributed by atoms with E-state index in [1.807, 2.05) is 25.1 Å². The quantitative estimate of drug-likeness (QED) is 0.637. The average Bonchev–Trinajstić information content (AvgIpc) is 3.05. The average molecular weight is 363 g/mol. The number of aliphatic hydroxyl groups is 1. The summed E-state index contributed by atoms with van der Waals surface area (Å²) >= 11 is 0. The summed E-state index contributed by atoms with van der Waals surface area (Å²) in [6.45, 7) is 3.35. The number of fused-ring (bicyclic) bond motifs is 1. The highest BCUT2D eigenvalue weighted by Crippen LogP contribution is 2.16. The number of carbonyl (C=O) groups is 1. The molecule has 26 heavy (non-hydrogen) atoms. The molecule has 2 heterocycles. The van der Waals surface area contributed by atoms with E-state index in [4.69, 9.17) is 19.3 Å². The largest absolute Gasteiger partial charge is 0.394 e. The van der Waals surface area contributed by atoms with Crippen molar-refractivity contribution in [3.05, 3.63) is 29.6 Å². The highest BCUT2D eigenvalue weighted by molar-refractivity contribution is 5.78. The molecule has 0 bridgehead atoms. The lowest BCUT2D eigenvalue weighted by molar-refractivity contribution is -0.131. The van der Waals surface area contributed by atoms with Crippen molar-refractivity contribution in [2.24, 2.45) is 0 Å². The number of aromatic amines is 1. The second-order valence-corrected chi connectivity index (χ2v) is 6.32. The molecule has 3 N–H and O–H groups in total. The monoisotopic (exact) mass is 363 g/mol. The fraction of sp³-hybridized carbons (Fsp3) is 0.556. The lowest BCUT2D eigenvalue weighted by Gasteiger charge is -2.31. The minimum Gasteiger partial charge on any atom is -0.394 e. The van der Waals surface area contributed by atoms with Crippen molar-refractivity contribution in [1.82, 2.24) is 15.3 Å². The van der Waals surface area contributed by atoms with E-state index in [0.717, 1.165) is 16.6 Å². The summed E-state index contributed by atoms with van der Waals surface area (Å²) in [6, 6.07) is 5.69. The number of benzene rings is 1. The van der Waals surface area contributed by atoms with Gasteiger partial charge in [-0.3, -0.25) is 4.79 Å². The number of rotatable bonds is 8. The molecule has 1 amide bonds. The van der Waals surface area contributed by atoms with Crippen molar-refractivity contribution in [1.29, 1.82) is 0 Å². The number of aliphatic hydroxyl groups excluding tert-OH is 1. The molecular weight excluding hydrogens is 338 g/mol. The maximum atomic E-state index is 12.1. The molecule has 0 radical (unpaired) electrons. The molecule has 0 unspecified atom stereocenters. The van der Waals surface area contributed by atoms with Gasteiger partial charge in [0.1, 0.15) is 19.0 Å². The predicted octanol–water partition coefficient (Wildman–Crippen LogP) is 0.671. The van der Waals surface area contributed by atoms with E-state index < -0.39 is 0 Å². The zero-order valence-electron chi connectivity index (χ0n) is 14.9. The molecule has 0 aliphatic carbocycles. The highest BCUT2D eigenvalue weighted by Gasteiger charge is 2.27. The van der Waals surface area contributed by atoms with Gasteiger partial charge in [-0.2, -0.15) is 0 Å². The van der Waals surface area contributed by atoms with E-state index in [1.54, 1.807) is 0 Å². The lowest BCUT2D eigenvalue weighted by Crippen LogP contribution is -2.51. The number of carbonyl (C=O) groups excluding carboxylic acids is 1. The standard InChI is InChI=1S/C18H25N3O5/c1-12-3-2-4-13-18(12)21-16(19-13)10-25-11-17(23)20-14-9-24-7-5-15(14)26-8-6-22/h2-4,14-15,22H,5-11H2,1H3,(H,19,21)(H,20,23)/t14-,15+/m1/s1. The zero-order chi connectivity index (χ0) is 18.4. The van der Waals surface area contributed by atoms with Gasteiger partial charge < -0.3 is 29.6 Å². The number of aromatic nitrogens is 2. The smallest absolute Gasteiger partial charge is 0.246 e. The fourth-order valence-corrected chi connectivity index (χ4v) is 3.04. The summed E-state index contributed by atoms with van der Waals surface area (Å²) in [5.74, 6) is 0.456. The van der Waals surface area contributed by atoms with Crippen LogP contribution in [-0.4, -0.2) is 66.2 Å². The molecule has 1 aliphatic heterocycles. The summed E-state index contributed by atoms with van der Waals surface area (Å²) in [4.78, 5) is 19.8. The number of aryl methyl sites for hydroxylation is 1. The Labute approximate surface area is 151 Å². The first kappa shape index (κ1) is 18.8. The molecule has 1 aliphatic rings. The molecule has 1 fully saturated rings. The van der Waals surface area contributed by atoms with Crippen molar-refractivity contribution in [2.45, 2.75) is 32.1 Å². The van der Waals surface area contributed by atoms with E-state index in [9.17, 15) is 4.79 Å². The Hall–Kier alpha value is -2.00. The molecule has 2 aromatic rings. The van der Waals surface area contributed by atoms with Crippen molar-refractivity contribution in [2.75, 3.05) is 33.0 Å². The predicted molar refractivity (Wildman–Crippen MR) is 94.7 cm³/mol. The fourth-order valence-electron chi connectivity index (χ4n) is 3.04. The van der Waals surface area contributed by atoms with Crippen molar-refractivity contribution < 1.29 is 24.1 Å². The van der Waals surface area contributed by atoms with E-state index in [-0.39, 0.29) is 44.5 Å². The number of amides is 1. The Bertz CT molecular complexity index is 733. The number of H-pyrrole nitrogens is 1. The second kappa shape index (κ2) is 9.09. The van der Waals surface area contributed by atoms with Crippen LogP contribution >= 0.6 is 0 Å². The number of imidazole rings is 1. The van der Waals surface area contributed by atoms with E-state index in [1.165, 1.54) is 0 Å². The minimum absolute atomic E-state index is 0.0435. The molecule has 3 rings (SSSR count). The summed E-state index contributed by atoms with van der Waals surface area (Å²) < 4.78 is 16.4. The van der Waals surface area contributed by atoms with Gasteiger partial charge in [-0.25, -0.2) is 4.98 Å². The molecule has 1 saturated heterocycles. The zero-order valence-corrected chi connectivity index (χ0v) is 14.9. The number of nitrogens with one attached hydrogen (secondary N) is 2. The third-order valence-corrected chi connectivity index (χ3v) is 4.30. The highest BCUT2D eigenvalue weighted by atomic mass is 16.5. The van der Waals surface area contributed by atoms with E-state index in [0.29, 0.717) is 25.5 Å². The summed E-state index contributed by atoms with van der Waals surface area (Å²) in [6.07, 6.45) is 0.530. The molecule has 8 heteroatoms. The van der Waals surface area contributed by atoms with Crippen LogP contribution < -0.4 is 5.32 Å². The Morgan fingerprint density at radius 2 is 2.38 bits per heavy atom. The van der Waals surface area contributed by atoms with Gasteiger partial charge in [0.15, 0.2) is 0 Å². The normalized spacial score (nSPS) is 20.4. The van der Waals surface area contributed by atoms with Gasteiger partial charge >= 0.3 is 0 Å². The molecule has 142 valence electrons. The Morgan fingerprint density at radius 1 is 1.50 bits per heavy atom. The maximum Gasteiger partial charge on any atom is 0.246 e. The minimum atomic E-state index is -0.236. The summed E-state index contributed by atoms with van der Waals surface area (Å²) in [5.41, 5.74) is 2.96. The number of ether oxygens (including phenoxy) is 3.